The maximum Gasteiger partial charge on any atom is 0.123 e. The molecule has 1 aromatic carbocycles. The number of methoxy groups -OCH3 is 1. The first-order valence-electron chi connectivity index (χ1n) is 7.15. The van der Waals surface area contributed by atoms with Crippen LogP contribution in [0.1, 0.15) is 35.7 Å². The number of benzene rings is 1. The topological polar surface area (TPSA) is 39.1 Å². The van der Waals surface area contributed by atoms with E-state index < -0.39 is 0 Å². The van der Waals surface area contributed by atoms with E-state index in [0.717, 1.165) is 18.7 Å². The minimum absolute atomic E-state index is 0.400. The lowest BCUT2D eigenvalue weighted by Crippen LogP contribution is -2.25. The molecular formula is C16H21N3O. The van der Waals surface area contributed by atoms with Crippen molar-refractivity contribution in [2.75, 3.05) is 7.11 Å². The van der Waals surface area contributed by atoms with Crippen molar-refractivity contribution in [2.45, 2.75) is 31.8 Å². The van der Waals surface area contributed by atoms with Crippen LogP contribution in [0.2, 0.25) is 0 Å². The minimum atomic E-state index is 0.400. The van der Waals surface area contributed by atoms with E-state index in [4.69, 9.17) is 4.74 Å². The average molecular weight is 271 g/mol. The number of hydrogen-bond donors (Lipinski definition) is 1. The third kappa shape index (κ3) is 2.43. The molecule has 3 rings (SSSR count). The van der Waals surface area contributed by atoms with Crippen LogP contribution in [0.3, 0.4) is 0 Å². The Bertz CT molecular complexity index is 591. The van der Waals surface area contributed by atoms with Crippen molar-refractivity contribution in [3.63, 3.8) is 0 Å². The maximum absolute atomic E-state index is 5.40. The van der Waals surface area contributed by atoms with Crippen LogP contribution in [0.15, 0.2) is 30.5 Å². The largest absolute Gasteiger partial charge is 0.496 e. The highest BCUT2D eigenvalue weighted by Crippen LogP contribution is 2.29. The molecule has 1 heterocycles. The number of fused-ring (bicyclic) bond motifs is 1. The first-order valence-corrected chi connectivity index (χ1v) is 7.15. The summed E-state index contributed by atoms with van der Waals surface area (Å²) in [7, 11) is 3.75. The van der Waals surface area contributed by atoms with Crippen molar-refractivity contribution in [1.29, 1.82) is 0 Å². The number of aryl methyl sites for hydroxylation is 1. The van der Waals surface area contributed by atoms with Crippen LogP contribution in [0.4, 0.5) is 0 Å². The second-order valence-corrected chi connectivity index (χ2v) is 5.31. The zero-order valence-electron chi connectivity index (χ0n) is 12.1. The fourth-order valence-electron chi connectivity index (χ4n) is 3.00. The van der Waals surface area contributed by atoms with Gasteiger partial charge in [0.2, 0.25) is 0 Å². The summed E-state index contributed by atoms with van der Waals surface area (Å²) in [4.78, 5) is 0. The molecule has 106 valence electrons. The second kappa shape index (κ2) is 5.67. The Balaban J connectivity index is 1.73. The van der Waals surface area contributed by atoms with Crippen molar-refractivity contribution >= 4 is 0 Å². The van der Waals surface area contributed by atoms with E-state index in [1.165, 1.54) is 29.7 Å². The van der Waals surface area contributed by atoms with Crippen LogP contribution in [-0.4, -0.2) is 16.9 Å². The molecule has 4 heteroatoms. The van der Waals surface area contributed by atoms with Gasteiger partial charge in [0.15, 0.2) is 0 Å². The van der Waals surface area contributed by atoms with Crippen LogP contribution in [0, 0.1) is 0 Å². The van der Waals surface area contributed by atoms with E-state index in [1.807, 2.05) is 30.1 Å². The van der Waals surface area contributed by atoms with Gasteiger partial charge in [0.1, 0.15) is 5.75 Å². The SMILES string of the molecule is COc1ccccc1CNC1CCCc2c1cnn2C. The third-order valence-corrected chi connectivity index (χ3v) is 4.11. The van der Waals surface area contributed by atoms with Gasteiger partial charge in [-0.05, 0) is 25.3 Å². The molecule has 1 N–H and O–H groups in total. The highest BCUT2D eigenvalue weighted by atomic mass is 16.5. The normalized spacial score (nSPS) is 17.8. The lowest BCUT2D eigenvalue weighted by atomic mass is 9.93. The summed E-state index contributed by atoms with van der Waals surface area (Å²) in [6, 6.07) is 8.57. The van der Waals surface area contributed by atoms with Gasteiger partial charge < -0.3 is 10.1 Å². The van der Waals surface area contributed by atoms with E-state index in [0.29, 0.717) is 6.04 Å². The molecule has 20 heavy (non-hydrogen) atoms. The number of para-hydroxylation sites is 1. The van der Waals surface area contributed by atoms with Gasteiger partial charge in [-0.1, -0.05) is 18.2 Å². The maximum atomic E-state index is 5.40. The van der Waals surface area contributed by atoms with Crippen LogP contribution < -0.4 is 10.1 Å². The predicted octanol–water partition coefficient (Wildman–Crippen LogP) is 2.60. The molecule has 1 atom stereocenters. The van der Waals surface area contributed by atoms with Gasteiger partial charge in [-0.25, -0.2) is 0 Å². The molecule has 0 bridgehead atoms. The molecule has 0 fully saturated rings. The van der Waals surface area contributed by atoms with Gasteiger partial charge in [0.25, 0.3) is 0 Å². The Morgan fingerprint density at radius 2 is 2.25 bits per heavy atom. The third-order valence-electron chi connectivity index (χ3n) is 4.11. The molecule has 0 amide bonds. The number of nitrogens with zero attached hydrogens (tertiary/aromatic N) is 2. The minimum Gasteiger partial charge on any atom is -0.496 e. The van der Waals surface area contributed by atoms with Gasteiger partial charge in [0.05, 0.1) is 13.3 Å². The molecule has 1 aromatic heterocycles. The van der Waals surface area contributed by atoms with Crippen molar-refractivity contribution in [1.82, 2.24) is 15.1 Å². The molecule has 2 aromatic rings. The summed E-state index contributed by atoms with van der Waals surface area (Å²) in [5.74, 6) is 0.946. The molecule has 0 spiro atoms. The summed E-state index contributed by atoms with van der Waals surface area (Å²) < 4.78 is 7.41. The number of rotatable bonds is 4. The Hall–Kier alpha value is -1.81. The Labute approximate surface area is 119 Å². The zero-order valence-corrected chi connectivity index (χ0v) is 12.1. The highest BCUT2D eigenvalue weighted by molar-refractivity contribution is 5.33. The molecule has 0 aliphatic heterocycles. The second-order valence-electron chi connectivity index (χ2n) is 5.31. The van der Waals surface area contributed by atoms with Crippen molar-refractivity contribution in [3.05, 3.63) is 47.3 Å². The number of hydrogen-bond acceptors (Lipinski definition) is 3. The summed E-state index contributed by atoms with van der Waals surface area (Å²) >= 11 is 0. The highest BCUT2D eigenvalue weighted by Gasteiger charge is 2.23. The van der Waals surface area contributed by atoms with E-state index in [2.05, 4.69) is 22.5 Å². The van der Waals surface area contributed by atoms with Gasteiger partial charge in [0, 0.05) is 36.5 Å². The van der Waals surface area contributed by atoms with Crippen LogP contribution in [-0.2, 0) is 20.0 Å². The lowest BCUT2D eigenvalue weighted by molar-refractivity contribution is 0.400. The van der Waals surface area contributed by atoms with Gasteiger partial charge in [-0.15, -0.1) is 0 Å². The molecule has 1 aliphatic carbocycles. The van der Waals surface area contributed by atoms with E-state index >= 15 is 0 Å². The molecule has 4 nitrogen and oxygen atoms in total. The molecule has 1 unspecified atom stereocenters. The summed E-state index contributed by atoms with van der Waals surface area (Å²) in [6.07, 6.45) is 5.54. The van der Waals surface area contributed by atoms with E-state index in [-0.39, 0.29) is 0 Å². The van der Waals surface area contributed by atoms with E-state index in [1.54, 1.807) is 7.11 Å². The van der Waals surface area contributed by atoms with Crippen LogP contribution >= 0.6 is 0 Å². The van der Waals surface area contributed by atoms with Crippen molar-refractivity contribution in [2.24, 2.45) is 7.05 Å². The smallest absolute Gasteiger partial charge is 0.123 e. The predicted molar refractivity (Wildman–Crippen MR) is 78.7 cm³/mol. The van der Waals surface area contributed by atoms with Gasteiger partial charge >= 0.3 is 0 Å². The molecule has 0 saturated carbocycles. The van der Waals surface area contributed by atoms with Crippen LogP contribution in [0.5, 0.6) is 5.75 Å². The number of ether oxygens (including phenoxy) is 1. The van der Waals surface area contributed by atoms with Crippen LogP contribution in [0.25, 0.3) is 0 Å². The quantitative estimate of drug-likeness (QED) is 0.929. The number of nitrogens with one attached hydrogen (secondary N) is 1. The first kappa shape index (κ1) is 13.2. The zero-order chi connectivity index (χ0) is 13.9. The van der Waals surface area contributed by atoms with E-state index in [9.17, 15) is 0 Å². The molecule has 0 saturated heterocycles. The fourth-order valence-corrected chi connectivity index (χ4v) is 3.00. The summed E-state index contributed by atoms with van der Waals surface area (Å²) in [5.41, 5.74) is 3.92. The first-order chi connectivity index (χ1) is 9.79. The molecule has 1 aliphatic rings. The Morgan fingerprint density at radius 1 is 1.40 bits per heavy atom. The van der Waals surface area contributed by atoms with Crippen molar-refractivity contribution < 1.29 is 4.74 Å². The molecular weight excluding hydrogens is 250 g/mol. The van der Waals surface area contributed by atoms with Gasteiger partial charge in [-0.2, -0.15) is 5.10 Å². The standard InChI is InChI=1S/C16H21N3O/c1-19-15-8-5-7-14(13(15)11-18-19)17-10-12-6-3-4-9-16(12)20-2/h3-4,6,9,11,14,17H,5,7-8,10H2,1-2H3. The molecule has 0 radical (unpaired) electrons. The summed E-state index contributed by atoms with van der Waals surface area (Å²) in [5, 5.41) is 8.04. The van der Waals surface area contributed by atoms with Gasteiger partial charge in [-0.3, -0.25) is 4.68 Å². The Kier molecular flexibility index (Phi) is 3.74. The lowest BCUT2D eigenvalue weighted by Gasteiger charge is -2.24. The number of aromatic nitrogens is 2. The van der Waals surface area contributed by atoms with Crippen molar-refractivity contribution in [3.8, 4) is 5.75 Å². The Morgan fingerprint density at radius 3 is 3.10 bits per heavy atom. The average Bonchev–Trinajstić information content (AvgIpc) is 2.88. The monoisotopic (exact) mass is 271 g/mol. The fraction of sp³-hybridized carbons (Fsp3) is 0.438. The summed E-state index contributed by atoms with van der Waals surface area (Å²) in [6.45, 7) is 0.822.